The van der Waals surface area contributed by atoms with Gasteiger partial charge < -0.3 is 14.6 Å². The molecule has 1 aromatic heterocycles. The number of furan rings is 1. The first-order chi connectivity index (χ1) is 13.6. The smallest absolute Gasteiger partial charge is 0.297 e. The van der Waals surface area contributed by atoms with Gasteiger partial charge in [0.05, 0.1) is 5.69 Å². The minimum Gasteiger partial charge on any atom is -0.443 e. The van der Waals surface area contributed by atoms with Crippen LogP contribution in [0.15, 0.2) is 64.1 Å². The molecule has 0 aliphatic carbocycles. The number of fused-ring (bicyclic) bond motifs is 1. The van der Waals surface area contributed by atoms with Crippen molar-refractivity contribution in [3.63, 3.8) is 0 Å². The van der Waals surface area contributed by atoms with Crippen molar-refractivity contribution in [3.05, 3.63) is 54.6 Å². The van der Waals surface area contributed by atoms with Crippen molar-refractivity contribution >= 4 is 32.4 Å². The van der Waals surface area contributed by atoms with Crippen molar-refractivity contribution in [1.82, 2.24) is 5.32 Å². The summed E-state index contributed by atoms with van der Waals surface area (Å²) < 4.78 is 33.7. The van der Waals surface area contributed by atoms with Gasteiger partial charge in [-0.15, -0.1) is 0 Å². The summed E-state index contributed by atoms with van der Waals surface area (Å²) in [5.41, 5.74) is 2.34. The first-order valence-corrected chi connectivity index (χ1v) is 11.1. The van der Waals surface area contributed by atoms with Gasteiger partial charge in [0.2, 0.25) is 5.09 Å². The van der Waals surface area contributed by atoms with E-state index in [1.165, 1.54) is 4.31 Å². The zero-order valence-corrected chi connectivity index (χ0v) is 16.8. The quantitative estimate of drug-likeness (QED) is 0.688. The number of hydrogen-bond acceptors (Lipinski definition) is 5. The molecule has 0 spiro atoms. The lowest BCUT2D eigenvalue weighted by atomic mass is 10.2. The Hall–Kier alpha value is -2.51. The number of piperazine rings is 1. The lowest BCUT2D eigenvalue weighted by Crippen LogP contribution is -2.43. The molecule has 3 aromatic rings. The van der Waals surface area contributed by atoms with E-state index in [1.54, 1.807) is 12.1 Å². The molecule has 0 atom stereocenters. The van der Waals surface area contributed by atoms with Gasteiger partial charge in [0.25, 0.3) is 10.0 Å². The SMILES string of the molecule is CCCN(c1ccc(N2CCNCC2)cc1)S(=O)(=O)c1cc2ccccc2o1. The Morgan fingerprint density at radius 2 is 1.79 bits per heavy atom. The summed E-state index contributed by atoms with van der Waals surface area (Å²) in [5.74, 6) is 0. The third-order valence-corrected chi connectivity index (χ3v) is 6.68. The zero-order valence-electron chi connectivity index (χ0n) is 16.0. The number of hydrogen-bond donors (Lipinski definition) is 1. The van der Waals surface area contributed by atoms with Gasteiger partial charge in [-0.1, -0.05) is 25.1 Å². The minimum absolute atomic E-state index is 0.0201. The van der Waals surface area contributed by atoms with Crippen LogP contribution in [-0.2, 0) is 10.0 Å². The van der Waals surface area contributed by atoms with Crippen LogP contribution in [0.5, 0.6) is 0 Å². The zero-order chi connectivity index (χ0) is 19.6. The molecule has 0 saturated carbocycles. The largest absolute Gasteiger partial charge is 0.443 e. The van der Waals surface area contributed by atoms with Gasteiger partial charge in [-0.05, 0) is 36.8 Å². The fourth-order valence-electron chi connectivity index (χ4n) is 3.54. The Bertz CT molecular complexity index is 1010. The van der Waals surface area contributed by atoms with Crippen molar-refractivity contribution < 1.29 is 12.8 Å². The fourth-order valence-corrected chi connectivity index (χ4v) is 5.05. The van der Waals surface area contributed by atoms with E-state index in [9.17, 15) is 8.42 Å². The third-order valence-electron chi connectivity index (χ3n) is 4.99. The van der Waals surface area contributed by atoms with E-state index in [0.717, 1.165) is 37.3 Å². The topological polar surface area (TPSA) is 65.8 Å². The van der Waals surface area contributed by atoms with E-state index in [2.05, 4.69) is 10.2 Å². The third kappa shape index (κ3) is 3.59. The van der Waals surface area contributed by atoms with Crippen molar-refractivity contribution in [2.24, 2.45) is 0 Å². The van der Waals surface area contributed by atoms with Crippen LogP contribution in [-0.4, -0.2) is 41.1 Å². The van der Waals surface area contributed by atoms with Crippen LogP contribution in [0.2, 0.25) is 0 Å². The summed E-state index contributed by atoms with van der Waals surface area (Å²) in [6.45, 7) is 6.20. The molecule has 1 N–H and O–H groups in total. The summed E-state index contributed by atoms with van der Waals surface area (Å²) in [5, 5.41) is 4.10. The highest BCUT2D eigenvalue weighted by molar-refractivity contribution is 7.92. The molecular weight excluding hydrogens is 374 g/mol. The maximum absolute atomic E-state index is 13.3. The van der Waals surface area contributed by atoms with Gasteiger partial charge >= 0.3 is 0 Å². The van der Waals surface area contributed by atoms with Crippen LogP contribution in [0.3, 0.4) is 0 Å². The van der Waals surface area contributed by atoms with E-state index < -0.39 is 10.0 Å². The van der Waals surface area contributed by atoms with Crippen LogP contribution < -0.4 is 14.5 Å². The molecule has 7 heteroatoms. The Kier molecular flexibility index (Phi) is 5.28. The number of sulfonamides is 1. The number of anilines is 2. The van der Waals surface area contributed by atoms with Crippen LogP contribution >= 0.6 is 0 Å². The average molecular weight is 400 g/mol. The van der Waals surface area contributed by atoms with Crippen molar-refractivity contribution in [2.45, 2.75) is 18.4 Å². The molecule has 28 heavy (non-hydrogen) atoms. The lowest BCUT2D eigenvalue weighted by Gasteiger charge is -2.30. The second-order valence-corrected chi connectivity index (χ2v) is 8.73. The molecule has 1 fully saturated rings. The molecule has 2 heterocycles. The summed E-state index contributed by atoms with van der Waals surface area (Å²) in [4.78, 5) is 2.30. The number of rotatable bonds is 6. The predicted octanol–water partition coefficient (Wildman–Crippen LogP) is 3.45. The fraction of sp³-hybridized carbons (Fsp3) is 0.333. The summed E-state index contributed by atoms with van der Waals surface area (Å²) in [7, 11) is -3.77. The van der Waals surface area contributed by atoms with E-state index in [-0.39, 0.29) is 5.09 Å². The number of nitrogens with one attached hydrogen (secondary N) is 1. The van der Waals surface area contributed by atoms with Crippen LogP contribution in [0, 0.1) is 0 Å². The summed E-state index contributed by atoms with van der Waals surface area (Å²) in [6.07, 6.45) is 0.707. The van der Waals surface area contributed by atoms with E-state index >= 15 is 0 Å². The molecule has 1 aliphatic heterocycles. The highest BCUT2D eigenvalue weighted by Gasteiger charge is 2.28. The van der Waals surface area contributed by atoms with Crippen LogP contribution in [0.1, 0.15) is 13.3 Å². The molecule has 4 rings (SSSR count). The average Bonchev–Trinajstić information content (AvgIpc) is 3.18. The first-order valence-electron chi connectivity index (χ1n) is 9.66. The summed E-state index contributed by atoms with van der Waals surface area (Å²) in [6, 6.07) is 16.7. The molecule has 1 aliphatic rings. The normalized spacial score (nSPS) is 15.1. The van der Waals surface area contributed by atoms with E-state index in [1.807, 2.05) is 49.4 Å². The molecule has 6 nitrogen and oxygen atoms in total. The van der Waals surface area contributed by atoms with Crippen LogP contribution in [0.25, 0.3) is 11.0 Å². The van der Waals surface area contributed by atoms with Gasteiger partial charge in [0, 0.05) is 49.9 Å². The Morgan fingerprint density at radius 1 is 1.07 bits per heavy atom. The predicted molar refractivity (Wildman–Crippen MR) is 113 cm³/mol. The molecule has 2 aromatic carbocycles. The van der Waals surface area contributed by atoms with Gasteiger partial charge in [-0.2, -0.15) is 8.42 Å². The van der Waals surface area contributed by atoms with E-state index in [4.69, 9.17) is 4.42 Å². The first kappa shape index (κ1) is 18.8. The van der Waals surface area contributed by atoms with Gasteiger partial charge in [-0.3, -0.25) is 4.31 Å². The minimum atomic E-state index is -3.77. The highest BCUT2D eigenvalue weighted by Crippen LogP contribution is 2.30. The standard InChI is InChI=1S/C21H25N3O3S/c1-2-13-24(19-9-7-18(8-10-19)23-14-11-22-12-15-23)28(25,26)21-16-17-5-3-4-6-20(17)27-21/h3-10,16,22H,2,11-15H2,1H3. The van der Waals surface area contributed by atoms with Gasteiger partial charge in [0.1, 0.15) is 5.58 Å². The molecule has 1 saturated heterocycles. The Balaban J connectivity index is 1.65. The highest BCUT2D eigenvalue weighted by atomic mass is 32.2. The van der Waals surface area contributed by atoms with Crippen LogP contribution in [0.4, 0.5) is 11.4 Å². The van der Waals surface area contributed by atoms with Crippen molar-refractivity contribution in [1.29, 1.82) is 0 Å². The lowest BCUT2D eigenvalue weighted by molar-refractivity contribution is 0.479. The number of nitrogens with zero attached hydrogens (tertiary/aromatic N) is 2. The number of benzene rings is 2. The Labute approximate surface area is 165 Å². The molecular formula is C21H25N3O3S. The van der Waals surface area contributed by atoms with Crippen molar-refractivity contribution in [3.8, 4) is 0 Å². The molecule has 0 amide bonds. The Morgan fingerprint density at radius 3 is 2.46 bits per heavy atom. The molecule has 0 unspecified atom stereocenters. The van der Waals surface area contributed by atoms with E-state index in [0.29, 0.717) is 24.2 Å². The summed E-state index contributed by atoms with van der Waals surface area (Å²) >= 11 is 0. The monoisotopic (exact) mass is 399 g/mol. The molecule has 0 radical (unpaired) electrons. The van der Waals surface area contributed by atoms with Gasteiger partial charge in [-0.25, -0.2) is 0 Å². The van der Waals surface area contributed by atoms with Crippen molar-refractivity contribution in [2.75, 3.05) is 41.9 Å². The second kappa shape index (κ2) is 7.85. The van der Waals surface area contributed by atoms with Gasteiger partial charge in [0.15, 0.2) is 0 Å². The maximum Gasteiger partial charge on any atom is 0.297 e. The second-order valence-electron chi connectivity index (χ2n) is 6.93. The number of para-hydroxylation sites is 1. The maximum atomic E-state index is 13.3. The molecule has 148 valence electrons. The molecule has 0 bridgehead atoms.